The maximum absolute atomic E-state index is 13.6. The number of nitrogens with zero attached hydrogens (tertiary/aromatic N) is 3. The third kappa shape index (κ3) is 3.81. The number of rotatable bonds is 5. The van der Waals surface area contributed by atoms with Crippen molar-refractivity contribution in [3.8, 4) is 5.75 Å². The van der Waals surface area contributed by atoms with Crippen molar-refractivity contribution in [3.05, 3.63) is 47.5 Å². The number of aliphatic hydroxyl groups is 1. The molecule has 4 rings (SSSR count). The Labute approximate surface area is 156 Å². The molecular formula is C19H23FN4O3. The Balaban J connectivity index is 1.36. The van der Waals surface area contributed by atoms with Gasteiger partial charge in [-0.3, -0.25) is 14.8 Å². The Kier molecular flexibility index (Phi) is 5.09. The first-order valence-corrected chi connectivity index (χ1v) is 9.25. The van der Waals surface area contributed by atoms with Crippen molar-refractivity contribution in [1.29, 1.82) is 0 Å². The molecule has 1 aromatic heterocycles. The number of hydrogen-bond donors (Lipinski definition) is 2. The van der Waals surface area contributed by atoms with Gasteiger partial charge in [0.1, 0.15) is 6.61 Å². The van der Waals surface area contributed by atoms with E-state index in [1.165, 1.54) is 6.07 Å². The van der Waals surface area contributed by atoms with Crippen LogP contribution in [0.1, 0.15) is 29.0 Å². The zero-order valence-electron chi connectivity index (χ0n) is 15.0. The number of carbonyl (C=O) groups excluding carboxylic acids is 1. The summed E-state index contributed by atoms with van der Waals surface area (Å²) in [5.41, 5.74) is 0.855. The van der Waals surface area contributed by atoms with Crippen molar-refractivity contribution in [2.75, 3.05) is 26.2 Å². The van der Waals surface area contributed by atoms with E-state index in [4.69, 9.17) is 4.74 Å². The summed E-state index contributed by atoms with van der Waals surface area (Å²) >= 11 is 0. The number of likely N-dealkylation sites (tertiary alicyclic amines) is 2. The van der Waals surface area contributed by atoms with Crippen LogP contribution in [-0.4, -0.2) is 69.3 Å². The maximum atomic E-state index is 13.6. The molecule has 27 heavy (non-hydrogen) atoms. The zero-order chi connectivity index (χ0) is 18.8. The molecule has 2 fully saturated rings. The first kappa shape index (κ1) is 17.9. The summed E-state index contributed by atoms with van der Waals surface area (Å²) in [5.74, 6) is -0.507. The SMILES string of the molecule is O=C(c1cc(COc2ccccc2F)[nH]n1)N1C[C@@H](O)[C@H](N2CCCC2)C1. The number of halogens is 1. The molecule has 2 saturated heterocycles. The molecule has 0 unspecified atom stereocenters. The van der Waals surface area contributed by atoms with Crippen molar-refractivity contribution in [2.24, 2.45) is 0 Å². The van der Waals surface area contributed by atoms with Crippen molar-refractivity contribution in [2.45, 2.75) is 31.6 Å². The van der Waals surface area contributed by atoms with Gasteiger partial charge in [-0.2, -0.15) is 5.10 Å². The smallest absolute Gasteiger partial charge is 0.274 e. The van der Waals surface area contributed by atoms with E-state index < -0.39 is 11.9 Å². The predicted octanol–water partition coefficient (Wildman–Crippen LogP) is 1.41. The van der Waals surface area contributed by atoms with E-state index >= 15 is 0 Å². The highest BCUT2D eigenvalue weighted by Crippen LogP contribution is 2.22. The van der Waals surface area contributed by atoms with Gasteiger partial charge < -0.3 is 14.7 Å². The summed E-state index contributed by atoms with van der Waals surface area (Å²) in [7, 11) is 0. The Morgan fingerprint density at radius 2 is 2.07 bits per heavy atom. The maximum Gasteiger partial charge on any atom is 0.274 e. The lowest BCUT2D eigenvalue weighted by atomic mass is 10.2. The summed E-state index contributed by atoms with van der Waals surface area (Å²) < 4.78 is 19.0. The molecular weight excluding hydrogens is 351 g/mol. The second-order valence-corrected chi connectivity index (χ2v) is 7.09. The molecule has 2 aromatic rings. The van der Waals surface area contributed by atoms with Gasteiger partial charge in [0.25, 0.3) is 5.91 Å². The van der Waals surface area contributed by atoms with Crippen LogP contribution in [0.2, 0.25) is 0 Å². The lowest BCUT2D eigenvalue weighted by Crippen LogP contribution is -2.41. The fraction of sp³-hybridized carbons (Fsp3) is 0.474. The molecule has 2 atom stereocenters. The zero-order valence-corrected chi connectivity index (χ0v) is 15.0. The number of ether oxygens (including phenoxy) is 1. The Morgan fingerprint density at radius 1 is 1.30 bits per heavy atom. The molecule has 0 bridgehead atoms. The highest BCUT2D eigenvalue weighted by atomic mass is 19.1. The van der Waals surface area contributed by atoms with Crippen LogP contribution >= 0.6 is 0 Å². The van der Waals surface area contributed by atoms with Crippen LogP contribution in [0.5, 0.6) is 5.75 Å². The van der Waals surface area contributed by atoms with Crippen molar-refractivity contribution >= 4 is 5.91 Å². The molecule has 2 N–H and O–H groups in total. The molecule has 0 spiro atoms. The van der Waals surface area contributed by atoms with Gasteiger partial charge in [-0.15, -0.1) is 0 Å². The Morgan fingerprint density at radius 3 is 2.85 bits per heavy atom. The van der Waals surface area contributed by atoms with Crippen molar-refractivity contribution in [3.63, 3.8) is 0 Å². The molecule has 0 aliphatic carbocycles. The molecule has 144 valence electrons. The van der Waals surface area contributed by atoms with Crippen LogP contribution in [0.15, 0.2) is 30.3 Å². The number of benzene rings is 1. The van der Waals surface area contributed by atoms with Crippen LogP contribution in [0.3, 0.4) is 0 Å². The average molecular weight is 374 g/mol. The van der Waals surface area contributed by atoms with Gasteiger partial charge >= 0.3 is 0 Å². The Bertz CT molecular complexity index is 806. The van der Waals surface area contributed by atoms with Crippen LogP contribution in [0, 0.1) is 5.82 Å². The van der Waals surface area contributed by atoms with Gasteiger partial charge in [-0.05, 0) is 44.1 Å². The summed E-state index contributed by atoms with van der Waals surface area (Å²) in [6, 6.07) is 7.76. The highest BCUT2D eigenvalue weighted by Gasteiger charge is 2.39. The van der Waals surface area contributed by atoms with E-state index in [1.807, 2.05) is 0 Å². The number of aromatic nitrogens is 2. The molecule has 0 radical (unpaired) electrons. The fourth-order valence-corrected chi connectivity index (χ4v) is 3.79. The Hall–Kier alpha value is -2.45. The number of aliphatic hydroxyl groups excluding tert-OH is 1. The predicted molar refractivity (Wildman–Crippen MR) is 95.8 cm³/mol. The largest absolute Gasteiger partial charge is 0.484 e. The summed E-state index contributed by atoms with van der Waals surface area (Å²) in [5, 5.41) is 17.2. The van der Waals surface area contributed by atoms with Gasteiger partial charge in [0.05, 0.1) is 17.8 Å². The van der Waals surface area contributed by atoms with Gasteiger partial charge in [0, 0.05) is 13.1 Å². The number of carbonyl (C=O) groups is 1. The monoisotopic (exact) mass is 374 g/mol. The van der Waals surface area contributed by atoms with Crippen LogP contribution < -0.4 is 4.74 Å². The number of hydrogen-bond acceptors (Lipinski definition) is 5. The van der Waals surface area contributed by atoms with E-state index in [0.717, 1.165) is 25.9 Å². The van der Waals surface area contributed by atoms with E-state index in [9.17, 15) is 14.3 Å². The lowest BCUT2D eigenvalue weighted by molar-refractivity contribution is 0.0757. The molecule has 0 saturated carbocycles. The quantitative estimate of drug-likeness (QED) is 0.827. The lowest BCUT2D eigenvalue weighted by Gasteiger charge is -2.25. The van der Waals surface area contributed by atoms with E-state index in [2.05, 4.69) is 15.1 Å². The second-order valence-electron chi connectivity index (χ2n) is 7.09. The van der Waals surface area contributed by atoms with Crippen LogP contribution in [0.4, 0.5) is 4.39 Å². The van der Waals surface area contributed by atoms with Gasteiger partial charge in [-0.1, -0.05) is 12.1 Å². The molecule has 7 nitrogen and oxygen atoms in total. The topological polar surface area (TPSA) is 81.7 Å². The van der Waals surface area contributed by atoms with Gasteiger partial charge in [0.2, 0.25) is 0 Å². The normalized spacial score (nSPS) is 23.1. The second kappa shape index (κ2) is 7.66. The fourth-order valence-electron chi connectivity index (χ4n) is 3.79. The first-order valence-electron chi connectivity index (χ1n) is 9.25. The minimum atomic E-state index is -0.533. The van der Waals surface area contributed by atoms with Crippen molar-refractivity contribution in [1.82, 2.24) is 20.0 Å². The number of aromatic amines is 1. The first-order chi connectivity index (χ1) is 13.1. The average Bonchev–Trinajstić information content (AvgIpc) is 3.41. The number of H-pyrrole nitrogens is 1. The van der Waals surface area contributed by atoms with E-state index in [0.29, 0.717) is 18.8 Å². The molecule has 1 amide bonds. The van der Waals surface area contributed by atoms with Crippen molar-refractivity contribution < 1.29 is 19.0 Å². The summed E-state index contributed by atoms with van der Waals surface area (Å²) in [6.07, 6.45) is 1.75. The number of β-amino-alcohol motifs (C(OH)–C–C–N with tert-alkyl or cyclic N) is 1. The molecule has 8 heteroatoms. The van der Waals surface area contributed by atoms with Gasteiger partial charge in [-0.25, -0.2) is 4.39 Å². The van der Waals surface area contributed by atoms with Gasteiger partial charge in [0.15, 0.2) is 17.3 Å². The number of amides is 1. The summed E-state index contributed by atoms with van der Waals surface area (Å²) in [4.78, 5) is 16.6. The standard InChI is InChI=1S/C19H23FN4O3/c20-14-5-1-2-6-18(14)27-12-13-9-15(22-21-13)19(26)24-10-16(17(25)11-24)23-7-3-4-8-23/h1-2,5-6,9,16-17,25H,3-4,7-8,10-12H2,(H,21,22)/t16-,17-/m1/s1. The third-order valence-electron chi connectivity index (χ3n) is 5.23. The molecule has 3 heterocycles. The molecule has 2 aliphatic heterocycles. The van der Waals surface area contributed by atoms with Crippen LogP contribution in [0.25, 0.3) is 0 Å². The van der Waals surface area contributed by atoms with Crippen LogP contribution in [-0.2, 0) is 6.61 Å². The summed E-state index contributed by atoms with van der Waals surface area (Å²) in [6.45, 7) is 2.86. The number of nitrogens with one attached hydrogen (secondary N) is 1. The van der Waals surface area contributed by atoms with E-state index in [1.54, 1.807) is 29.2 Å². The molecule has 2 aliphatic rings. The third-order valence-corrected chi connectivity index (χ3v) is 5.23. The van der Waals surface area contributed by atoms with E-state index in [-0.39, 0.29) is 30.0 Å². The minimum absolute atomic E-state index is 0.000693. The minimum Gasteiger partial charge on any atom is -0.484 e. The molecule has 1 aromatic carbocycles. The number of para-hydroxylation sites is 1. The highest BCUT2D eigenvalue weighted by molar-refractivity contribution is 5.92.